The Morgan fingerprint density at radius 1 is 1.14 bits per heavy atom. The Balaban J connectivity index is 4.20. The van der Waals surface area contributed by atoms with Crippen molar-refractivity contribution >= 4 is 5.97 Å². The molecule has 6 nitrogen and oxygen atoms in total. The molecule has 124 valence electrons. The van der Waals surface area contributed by atoms with E-state index in [0.29, 0.717) is 0 Å². The largest absolute Gasteiger partial charge is 0.477 e. The lowest BCUT2D eigenvalue weighted by Crippen LogP contribution is -2.55. The van der Waals surface area contributed by atoms with Crippen molar-refractivity contribution in [3.8, 4) is 0 Å². The summed E-state index contributed by atoms with van der Waals surface area (Å²) in [7, 11) is 0. The smallest absolute Gasteiger partial charge is 0.359 e. The van der Waals surface area contributed by atoms with Crippen molar-refractivity contribution in [2.24, 2.45) is 0 Å². The molecule has 0 aliphatic carbocycles. The van der Waals surface area contributed by atoms with Crippen LogP contribution in [0.2, 0.25) is 0 Å². The van der Waals surface area contributed by atoms with Gasteiger partial charge in [0.2, 0.25) is 6.73 Å². The molecule has 0 saturated heterocycles. The average Bonchev–Trinajstić information content (AvgIpc) is 2.41. The summed E-state index contributed by atoms with van der Waals surface area (Å²) in [5.74, 6) is -0.968. The average molecular weight is 304 g/mol. The van der Waals surface area contributed by atoms with Crippen LogP contribution in [0.5, 0.6) is 0 Å². The van der Waals surface area contributed by atoms with Crippen LogP contribution in [0.25, 0.3) is 0 Å². The van der Waals surface area contributed by atoms with Gasteiger partial charge in [0.15, 0.2) is 6.54 Å². The minimum Gasteiger partial charge on any atom is -0.477 e. The Hall–Kier alpha value is -1.11. The van der Waals surface area contributed by atoms with Gasteiger partial charge in [-0.2, -0.15) is 0 Å². The molecule has 0 radical (unpaired) electrons. The van der Waals surface area contributed by atoms with Crippen molar-refractivity contribution in [1.82, 2.24) is 0 Å². The second-order valence-corrected chi connectivity index (χ2v) is 5.30. The molecule has 0 fully saturated rings. The van der Waals surface area contributed by atoms with Gasteiger partial charge in [-0.3, -0.25) is 4.48 Å². The Labute approximate surface area is 127 Å². The second kappa shape index (κ2) is 12.6. The van der Waals surface area contributed by atoms with E-state index >= 15 is 0 Å². The van der Waals surface area contributed by atoms with Gasteiger partial charge in [0.05, 0.1) is 19.5 Å². The highest BCUT2D eigenvalue weighted by atomic mass is 16.5. The molecule has 0 heterocycles. The maximum Gasteiger partial charge on any atom is 0.359 e. The van der Waals surface area contributed by atoms with E-state index < -0.39 is 5.97 Å². The molecule has 0 amide bonds. The highest BCUT2D eigenvalue weighted by Crippen LogP contribution is 2.08. The van der Waals surface area contributed by atoms with E-state index in [1.165, 1.54) is 19.3 Å². The lowest BCUT2D eigenvalue weighted by atomic mass is 10.1. The topological polar surface area (TPSA) is 87.0 Å². The van der Waals surface area contributed by atoms with E-state index in [1.807, 2.05) is 6.08 Å². The fourth-order valence-electron chi connectivity index (χ4n) is 2.18. The zero-order valence-electron chi connectivity index (χ0n) is 13.0. The number of quaternary nitrogens is 1. The first kappa shape index (κ1) is 19.9. The van der Waals surface area contributed by atoms with E-state index in [2.05, 4.69) is 6.92 Å². The number of unbranched alkanes of at least 4 members (excludes halogenated alkanes) is 4. The van der Waals surface area contributed by atoms with Gasteiger partial charge in [-0.15, -0.1) is 0 Å². The normalized spacial score (nSPS) is 12.0. The van der Waals surface area contributed by atoms with Crippen LogP contribution in [0.3, 0.4) is 0 Å². The molecule has 0 spiro atoms. The molecular formula is C15H30NO5+. The number of aliphatic hydroxyl groups excluding tert-OH is 2. The SMILES string of the molecule is CCCCCC/C=C/OC[N+](CCO)(CCO)CC(=O)O. The number of rotatable bonds is 14. The van der Waals surface area contributed by atoms with Gasteiger partial charge in [-0.1, -0.05) is 26.2 Å². The first-order valence-electron chi connectivity index (χ1n) is 7.65. The molecule has 0 aromatic carbocycles. The molecule has 0 rings (SSSR count). The highest BCUT2D eigenvalue weighted by molar-refractivity contribution is 5.67. The molecular weight excluding hydrogens is 274 g/mol. The highest BCUT2D eigenvalue weighted by Gasteiger charge is 2.30. The molecule has 0 bridgehead atoms. The van der Waals surface area contributed by atoms with Gasteiger partial charge in [0, 0.05) is 0 Å². The van der Waals surface area contributed by atoms with Crippen molar-refractivity contribution in [3.63, 3.8) is 0 Å². The van der Waals surface area contributed by atoms with Crippen molar-refractivity contribution in [3.05, 3.63) is 12.3 Å². The number of carboxylic acid groups (broad SMARTS) is 1. The Morgan fingerprint density at radius 3 is 2.33 bits per heavy atom. The molecule has 0 atom stereocenters. The number of ether oxygens (including phenoxy) is 1. The van der Waals surface area contributed by atoms with E-state index in [9.17, 15) is 4.79 Å². The fourth-order valence-corrected chi connectivity index (χ4v) is 2.18. The van der Waals surface area contributed by atoms with Gasteiger partial charge >= 0.3 is 5.97 Å². The van der Waals surface area contributed by atoms with Crippen LogP contribution in [-0.2, 0) is 9.53 Å². The number of nitrogens with zero attached hydrogens (tertiary/aromatic N) is 1. The van der Waals surface area contributed by atoms with Gasteiger partial charge in [0.1, 0.15) is 13.1 Å². The zero-order chi connectivity index (χ0) is 16.0. The maximum absolute atomic E-state index is 10.9. The van der Waals surface area contributed by atoms with Crippen molar-refractivity contribution in [2.75, 3.05) is 39.6 Å². The monoisotopic (exact) mass is 304 g/mol. The van der Waals surface area contributed by atoms with E-state index in [-0.39, 0.29) is 44.1 Å². The van der Waals surface area contributed by atoms with E-state index in [4.69, 9.17) is 20.1 Å². The summed E-state index contributed by atoms with van der Waals surface area (Å²) in [5, 5.41) is 27.2. The van der Waals surface area contributed by atoms with Gasteiger partial charge in [-0.25, -0.2) is 4.79 Å². The van der Waals surface area contributed by atoms with Crippen LogP contribution in [-0.4, -0.2) is 65.4 Å². The number of hydrogen-bond donors (Lipinski definition) is 3. The summed E-state index contributed by atoms with van der Waals surface area (Å²) in [5.41, 5.74) is 0. The predicted molar refractivity (Wildman–Crippen MR) is 80.5 cm³/mol. The quantitative estimate of drug-likeness (QED) is 0.195. The lowest BCUT2D eigenvalue weighted by molar-refractivity contribution is -0.938. The summed E-state index contributed by atoms with van der Waals surface area (Å²) >= 11 is 0. The minimum atomic E-state index is -0.968. The van der Waals surface area contributed by atoms with Crippen LogP contribution < -0.4 is 0 Å². The van der Waals surface area contributed by atoms with Gasteiger partial charge in [-0.05, 0) is 18.9 Å². The Morgan fingerprint density at radius 2 is 1.81 bits per heavy atom. The number of aliphatic hydroxyl groups is 2. The van der Waals surface area contributed by atoms with E-state index in [1.54, 1.807) is 6.26 Å². The number of allylic oxidation sites excluding steroid dienone is 1. The molecule has 0 unspecified atom stereocenters. The third-order valence-corrected chi connectivity index (χ3v) is 3.38. The van der Waals surface area contributed by atoms with Gasteiger partial charge < -0.3 is 20.1 Å². The molecule has 0 aliphatic rings. The fraction of sp³-hybridized carbons (Fsp3) is 0.800. The molecule has 0 aromatic heterocycles. The number of hydrogen-bond acceptors (Lipinski definition) is 4. The second-order valence-electron chi connectivity index (χ2n) is 5.30. The molecule has 21 heavy (non-hydrogen) atoms. The molecule has 0 saturated carbocycles. The van der Waals surface area contributed by atoms with Crippen molar-refractivity contribution < 1.29 is 29.3 Å². The third-order valence-electron chi connectivity index (χ3n) is 3.38. The molecule has 0 aromatic rings. The number of carbonyl (C=O) groups is 1. The van der Waals surface area contributed by atoms with E-state index in [0.717, 1.165) is 12.8 Å². The molecule has 6 heteroatoms. The first-order chi connectivity index (χ1) is 10.1. The summed E-state index contributed by atoms with van der Waals surface area (Å²) in [4.78, 5) is 10.9. The van der Waals surface area contributed by atoms with Crippen molar-refractivity contribution in [1.29, 1.82) is 0 Å². The van der Waals surface area contributed by atoms with Gasteiger partial charge in [0.25, 0.3) is 0 Å². The third kappa shape index (κ3) is 10.3. The van der Waals surface area contributed by atoms with Crippen molar-refractivity contribution in [2.45, 2.75) is 39.0 Å². The minimum absolute atomic E-state index is 0.0164. The molecule has 0 aliphatic heterocycles. The summed E-state index contributed by atoms with van der Waals surface area (Å²) in [6.45, 7) is 2.34. The summed E-state index contributed by atoms with van der Waals surface area (Å²) in [6, 6.07) is 0. The number of aliphatic carboxylic acids is 1. The lowest BCUT2D eigenvalue weighted by Gasteiger charge is -2.34. The van der Waals surface area contributed by atoms with Crippen LogP contribution in [0.1, 0.15) is 39.0 Å². The zero-order valence-corrected chi connectivity index (χ0v) is 13.0. The van der Waals surface area contributed by atoms with Crippen LogP contribution in [0.4, 0.5) is 0 Å². The predicted octanol–water partition coefficient (Wildman–Crippen LogP) is 1.33. The molecule has 3 N–H and O–H groups in total. The van der Waals surface area contributed by atoms with Crippen LogP contribution in [0.15, 0.2) is 12.3 Å². The first-order valence-corrected chi connectivity index (χ1v) is 7.65. The summed E-state index contributed by atoms with van der Waals surface area (Å²) in [6.07, 6.45) is 9.24. The maximum atomic E-state index is 10.9. The van der Waals surface area contributed by atoms with Crippen LogP contribution >= 0.6 is 0 Å². The standard InChI is InChI=1S/C15H29NO5/c1-2-3-4-5-6-7-12-21-14-16(8-10-17,9-11-18)13-15(19)20/h7,12,17-18H,2-6,8-11,13-14H2,1H3/p+1/b12-7+. The Bertz CT molecular complexity index is 288. The Kier molecular flexibility index (Phi) is 12.0. The van der Waals surface area contributed by atoms with Crippen LogP contribution in [0, 0.1) is 0 Å². The summed E-state index contributed by atoms with van der Waals surface area (Å²) < 4.78 is 5.43. The number of carboxylic acids is 1.